The van der Waals surface area contributed by atoms with Gasteiger partial charge in [-0.05, 0) is 28.1 Å². The maximum absolute atomic E-state index is 12.1. The molecule has 0 fully saturated rings. The van der Waals surface area contributed by atoms with Crippen LogP contribution in [0.5, 0.6) is 0 Å². The lowest BCUT2D eigenvalue weighted by molar-refractivity contribution is 0.102. The van der Waals surface area contributed by atoms with E-state index in [-0.39, 0.29) is 5.91 Å². The molecule has 1 aliphatic rings. The molecule has 0 saturated heterocycles. The van der Waals surface area contributed by atoms with Gasteiger partial charge >= 0.3 is 0 Å². The van der Waals surface area contributed by atoms with Gasteiger partial charge in [0.05, 0.1) is 5.69 Å². The predicted molar refractivity (Wildman–Crippen MR) is 77.4 cm³/mol. The molecule has 1 amide bonds. The third-order valence-electron chi connectivity index (χ3n) is 2.80. The lowest BCUT2D eigenvalue weighted by Crippen LogP contribution is -2.22. The molecule has 2 aromatic heterocycles. The fourth-order valence-corrected chi connectivity index (χ4v) is 3.30. The van der Waals surface area contributed by atoms with Crippen LogP contribution in [0.15, 0.2) is 22.8 Å². The first-order valence-electron chi connectivity index (χ1n) is 5.85. The van der Waals surface area contributed by atoms with Gasteiger partial charge in [-0.2, -0.15) is 0 Å². The number of carbonyl (C=O) groups is 1. The van der Waals surface area contributed by atoms with Crippen molar-refractivity contribution < 1.29 is 4.79 Å². The Morgan fingerprint density at radius 1 is 1.53 bits per heavy atom. The molecule has 3 rings (SSSR count). The van der Waals surface area contributed by atoms with E-state index in [1.165, 1.54) is 16.2 Å². The van der Waals surface area contributed by atoms with E-state index in [1.54, 1.807) is 18.3 Å². The number of thiazole rings is 1. The van der Waals surface area contributed by atoms with Crippen molar-refractivity contribution in [2.75, 3.05) is 11.9 Å². The Morgan fingerprint density at radius 3 is 3.21 bits per heavy atom. The summed E-state index contributed by atoms with van der Waals surface area (Å²) in [5.41, 5.74) is 1.45. The van der Waals surface area contributed by atoms with Crippen LogP contribution in [0.1, 0.15) is 21.1 Å². The zero-order chi connectivity index (χ0) is 13.2. The van der Waals surface area contributed by atoms with E-state index in [9.17, 15) is 4.79 Å². The highest BCUT2D eigenvalue weighted by Crippen LogP contribution is 2.26. The average molecular weight is 339 g/mol. The van der Waals surface area contributed by atoms with Crippen molar-refractivity contribution in [1.29, 1.82) is 0 Å². The fourth-order valence-electron chi connectivity index (χ4n) is 1.89. The summed E-state index contributed by atoms with van der Waals surface area (Å²) in [6.45, 7) is 1.77. The lowest BCUT2D eigenvalue weighted by atomic mass is 10.2. The maximum atomic E-state index is 12.1. The first kappa shape index (κ1) is 12.7. The zero-order valence-electron chi connectivity index (χ0n) is 9.94. The van der Waals surface area contributed by atoms with Crippen LogP contribution in [0, 0.1) is 0 Å². The monoisotopic (exact) mass is 338 g/mol. The molecule has 2 aromatic rings. The summed E-state index contributed by atoms with van der Waals surface area (Å²) in [4.78, 5) is 21.8. The van der Waals surface area contributed by atoms with E-state index < -0.39 is 0 Å². The van der Waals surface area contributed by atoms with Crippen molar-refractivity contribution in [2.24, 2.45) is 0 Å². The van der Waals surface area contributed by atoms with Gasteiger partial charge in [0.25, 0.3) is 5.91 Å². The largest absolute Gasteiger partial charge is 0.311 e. The third kappa shape index (κ3) is 2.68. The van der Waals surface area contributed by atoms with Gasteiger partial charge in [0, 0.05) is 35.1 Å². The molecular formula is C12H11BrN4OS. The second-order valence-electron chi connectivity index (χ2n) is 4.10. The summed E-state index contributed by atoms with van der Waals surface area (Å²) in [7, 11) is 0. The van der Waals surface area contributed by atoms with Gasteiger partial charge in [-0.15, -0.1) is 11.3 Å². The second kappa shape index (κ2) is 5.36. The number of pyridine rings is 1. The summed E-state index contributed by atoms with van der Waals surface area (Å²) in [6, 6.07) is 3.56. The number of hydrogen-bond donors (Lipinski definition) is 2. The highest BCUT2D eigenvalue weighted by atomic mass is 79.9. The molecule has 98 valence electrons. The molecule has 1 aliphatic heterocycles. The van der Waals surface area contributed by atoms with Crippen molar-refractivity contribution in [3.05, 3.63) is 39.1 Å². The molecule has 0 saturated carbocycles. The van der Waals surface area contributed by atoms with E-state index in [1.807, 2.05) is 0 Å². The van der Waals surface area contributed by atoms with Gasteiger partial charge in [-0.1, -0.05) is 0 Å². The normalized spacial score (nSPS) is 13.9. The van der Waals surface area contributed by atoms with E-state index in [4.69, 9.17) is 0 Å². The SMILES string of the molecule is O=C(Nc1nc2c(s1)CNCC2)c1ncccc1Br. The minimum atomic E-state index is -0.244. The van der Waals surface area contributed by atoms with Crippen LogP contribution in [0.25, 0.3) is 0 Å². The van der Waals surface area contributed by atoms with E-state index in [0.717, 1.165) is 25.2 Å². The van der Waals surface area contributed by atoms with Crippen molar-refractivity contribution in [1.82, 2.24) is 15.3 Å². The molecule has 0 spiro atoms. The van der Waals surface area contributed by atoms with Crippen LogP contribution in [-0.4, -0.2) is 22.4 Å². The van der Waals surface area contributed by atoms with Crippen LogP contribution in [0.4, 0.5) is 5.13 Å². The first-order valence-corrected chi connectivity index (χ1v) is 7.46. The molecule has 0 unspecified atom stereocenters. The molecule has 3 heterocycles. The molecule has 0 aromatic carbocycles. The van der Waals surface area contributed by atoms with Crippen LogP contribution in [0.3, 0.4) is 0 Å². The van der Waals surface area contributed by atoms with Gasteiger partial charge in [0.2, 0.25) is 0 Å². The van der Waals surface area contributed by atoms with Gasteiger partial charge < -0.3 is 5.32 Å². The smallest absolute Gasteiger partial charge is 0.277 e. The Labute approximate surface area is 122 Å². The Balaban J connectivity index is 1.80. The third-order valence-corrected chi connectivity index (χ3v) is 4.45. The number of aromatic nitrogens is 2. The molecule has 5 nitrogen and oxygen atoms in total. The Morgan fingerprint density at radius 2 is 2.42 bits per heavy atom. The number of nitrogens with zero attached hydrogens (tertiary/aromatic N) is 2. The number of anilines is 1. The highest BCUT2D eigenvalue weighted by molar-refractivity contribution is 9.10. The quantitative estimate of drug-likeness (QED) is 0.880. The Hall–Kier alpha value is -1.31. The van der Waals surface area contributed by atoms with Crippen molar-refractivity contribution in [3.63, 3.8) is 0 Å². The fraction of sp³-hybridized carbons (Fsp3) is 0.250. The molecule has 0 atom stereocenters. The van der Waals surface area contributed by atoms with Crippen molar-refractivity contribution in [3.8, 4) is 0 Å². The molecule has 0 bridgehead atoms. The number of halogens is 1. The number of fused-ring (bicyclic) bond motifs is 1. The average Bonchev–Trinajstić information content (AvgIpc) is 2.81. The Bertz CT molecular complexity index is 604. The highest BCUT2D eigenvalue weighted by Gasteiger charge is 2.17. The summed E-state index contributed by atoms with van der Waals surface area (Å²) in [5.74, 6) is -0.244. The van der Waals surface area contributed by atoms with Gasteiger partial charge in [-0.25, -0.2) is 9.97 Å². The topological polar surface area (TPSA) is 66.9 Å². The van der Waals surface area contributed by atoms with Gasteiger partial charge in [-0.3, -0.25) is 10.1 Å². The second-order valence-corrected chi connectivity index (χ2v) is 6.04. The molecular weight excluding hydrogens is 328 g/mol. The summed E-state index contributed by atoms with van der Waals surface area (Å²) < 4.78 is 0.676. The molecule has 0 aliphatic carbocycles. The summed E-state index contributed by atoms with van der Waals surface area (Å²) >= 11 is 4.83. The number of nitrogens with one attached hydrogen (secondary N) is 2. The van der Waals surface area contributed by atoms with E-state index in [2.05, 4.69) is 36.5 Å². The minimum Gasteiger partial charge on any atom is -0.311 e. The number of hydrogen-bond acceptors (Lipinski definition) is 5. The van der Waals surface area contributed by atoms with E-state index >= 15 is 0 Å². The predicted octanol–water partition coefficient (Wildman–Crippen LogP) is 2.20. The maximum Gasteiger partial charge on any atom is 0.277 e. The molecule has 7 heteroatoms. The summed E-state index contributed by atoms with van der Waals surface area (Å²) in [6.07, 6.45) is 2.51. The van der Waals surface area contributed by atoms with Gasteiger partial charge in [0.1, 0.15) is 5.69 Å². The van der Waals surface area contributed by atoms with Crippen LogP contribution in [-0.2, 0) is 13.0 Å². The lowest BCUT2D eigenvalue weighted by Gasteiger charge is -2.09. The first-order chi connectivity index (χ1) is 9.24. The van der Waals surface area contributed by atoms with Gasteiger partial charge in [0.15, 0.2) is 5.13 Å². The van der Waals surface area contributed by atoms with Crippen molar-refractivity contribution >= 4 is 38.3 Å². The number of amides is 1. The molecule has 2 N–H and O–H groups in total. The summed E-state index contributed by atoms with van der Waals surface area (Å²) in [5, 5.41) is 6.73. The molecule has 19 heavy (non-hydrogen) atoms. The van der Waals surface area contributed by atoms with Crippen LogP contribution in [0.2, 0.25) is 0 Å². The number of carbonyl (C=O) groups excluding carboxylic acids is 1. The Kier molecular flexibility index (Phi) is 3.58. The van der Waals surface area contributed by atoms with E-state index in [0.29, 0.717) is 15.3 Å². The molecule has 0 radical (unpaired) electrons. The zero-order valence-corrected chi connectivity index (χ0v) is 12.3. The standard InChI is InChI=1S/C12H11BrN4OS/c13-7-2-1-4-15-10(7)11(18)17-12-16-8-3-5-14-6-9(8)19-12/h1-2,4,14H,3,5-6H2,(H,16,17,18). The van der Waals surface area contributed by atoms with Crippen molar-refractivity contribution in [2.45, 2.75) is 13.0 Å². The van der Waals surface area contributed by atoms with Crippen LogP contribution < -0.4 is 10.6 Å². The minimum absolute atomic E-state index is 0.244. The number of rotatable bonds is 2. The van der Waals surface area contributed by atoms with Crippen LogP contribution >= 0.6 is 27.3 Å².